The Morgan fingerprint density at radius 3 is 2.70 bits per heavy atom. The van der Waals surface area contributed by atoms with Gasteiger partial charge in [-0.1, -0.05) is 29.3 Å². The molecule has 1 aromatic rings. The maximum atomic E-state index is 6.19. The molecular weight excluding hydrogens is 317 g/mol. The van der Waals surface area contributed by atoms with E-state index in [0.29, 0.717) is 10.0 Å². The Morgan fingerprint density at radius 2 is 2.05 bits per heavy atom. The van der Waals surface area contributed by atoms with Gasteiger partial charge in [-0.3, -0.25) is 0 Å². The Labute approximate surface area is 136 Å². The Kier molecular flexibility index (Phi) is 4.63. The predicted molar refractivity (Wildman–Crippen MR) is 86.4 cm³/mol. The van der Waals surface area contributed by atoms with E-state index in [0.717, 1.165) is 19.7 Å². The molecule has 0 amide bonds. The molecule has 2 aliphatic rings. The van der Waals surface area contributed by atoms with Crippen molar-refractivity contribution in [3.63, 3.8) is 0 Å². The van der Waals surface area contributed by atoms with Crippen LogP contribution in [0.25, 0.3) is 0 Å². The van der Waals surface area contributed by atoms with Crippen molar-refractivity contribution in [2.45, 2.75) is 18.3 Å². The monoisotopic (exact) mass is 335 g/mol. The highest BCUT2D eigenvalue weighted by Crippen LogP contribution is 2.68. The zero-order valence-electron chi connectivity index (χ0n) is 11.8. The van der Waals surface area contributed by atoms with Gasteiger partial charge >= 0.3 is 0 Å². The third-order valence-corrected chi connectivity index (χ3v) is 5.66. The molecule has 1 saturated heterocycles. The van der Waals surface area contributed by atoms with Crippen LogP contribution < -0.4 is 0 Å². The zero-order chi connectivity index (χ0) is 13.7. The van der Waals surface area contributed by atoms with Gasteiger partial charge in [0.15, 0.2) is 0 Å². The maximum Gasteiger partial charge on any atom is 0.0595 e. The van der Waals surface area contributed by atoms with Crippen LogP contribution in [0.15, 0.2) is 18.2 Å². The lowest BCUT2D eigenvalue weighted by molar-refractivity contribution is 0.0785. The molecule has 112 valence electrons. The molecule has 1 saturated carbocycles. The molecule has 2 atom stereocenters. The summed E-state index contributed by atoms with van der Waals surface area (Å²) in [6.45, 7) is 3.05. The fraction of sp³-hybridized carbons (Fsp3) is 0.600. The number of rotatable bonds is 3. The summed E-state index contributed by atoms with van der Waals surface area (Å²) in [4.78, 5) is 2.40. The fourth-order valence-electron chi connectivity index (χ4n) is 3.93. The summed E-state index contributed by atoms with van der Waals surface area (Å²) in [5.41, 5.74) is 1.82. The van der Waals surface area contributed by atoms with Crippen LogP contribution in [0, 0.1) is 5.41 Å². The first-order valence-electron chi connectivity index (χ1n) is 6.66. The lowest BCUT2D eigenvalue weighted by Gasteiger charge is -2.36. The number of methoxy groups -OCH3 is 1. The average Bonchev–Trinajstić information content (AvgIpc) is 3.02. The first kappa shape index (κ1) is 16.4. The number of fused-ring (bicyclic) bond motifs is 1. The van der Waals surface area contributed by atoms with Gasteiger partial charge in [-0.05, 0) is 44.1 Å². The summed E-state index contributed by atoms with van der Waals surface area (Å²) in [5.74, 6) is 0. The van der Waals surface area contributed by atoms with E-state index >= 15 is 0 Å². The Bertz CT molecular complexity index is 510. The molecular formula is C15H20Cl3NO. The van der Waals surface area contributed by atoms with Gasteiger partial charge in [-0.2, -0.15) is 0 Å². The Morgan fingerprint density at radius 1 is 1.30 bits per heavy atom. The molecule has 0 N–H and O–H groups in total. The average molecular weight is 337 g/mol. The summed E-state index contributed by atoms with van der Waals surface area (Å²) < 4.78 is 5.49. The van der Waals surface area contributed by atoms with Crippen molar-refractivity contribution >= 4 is 35.6 Å². The SMILES string of the molecule is COC[C@]12CN(C)CC[C@@]1(c1ccc(Cl)c(Cl)c1)C2.Cl. The standard InChI is InChI=1S/C15H19Cl2NO.ClH/c1-18-6-5-15(8-14(15,9-18)10-19-2)11-3-4-12(16)13(17)7-11;/h3-4,7H,5-6,8-10H2,1-2H3;1H/t14-,15-;/m0./s1. The van der Waals surface area contributed by atoms with Crippen LogP contribution in [0.2, 0.25) is 10.0 Å². The summed E-state index contributed by atoms with van der Waals surface area (Å²) >= 11 is 12.2. The van der Waals surface area contributed by atoms with Crippen molar-refractivity contribution in [3.05, 3.63) is 33.8 Å². The summed E-state index contributed by atoms with van der Waals surface area (Å²) in [5, 5.41) is 1.29. The van der Waals surface area contributed by atoms with Gasteiger partial charge in [-0.25, -0.2) is 0 Å². The highest BCUT2D eigenvalue weighted by molar-refractivity contribution is 6.42. The van der Waals surface area contributed by atoms with Crippen molar-refractivity contribution in [2.75, 3.05) is 33.9 Å². The third-order valence-electron chi connectivity index (χ3n) is 4.92. The second kappa shape index (κ2) is 5.66. The molecule has 1 aromatic carbocycles. The van der Waals surface area contributed by atoms with Gasteiger partial charge in [0.2, 0.25) is 0 Å². The number of ether oxygens (including phenoxy) is 1. The van der Waals surface area contributed by atoms with E-state index in [9.17, 15) is 0 Å². The topological polar surface area (TPSA) is 12.5 Å². The lowest BCUT2D eigenvalue weighted by Crippen LogP contribution is -2.41. The second-order valence-electron chi connectivity index (χ2n) is 6.09. The minimum absolute atomic E-state index is 0. The number of hydrogen-bond acceptors (Lipinski definition) is 2. The third kappa shape index (κ3) is 2.36. The number of piperidine rings is 1. The number of benzene rings is 1. The molecule has 0 bridgehead atoms. The van der Waals surface area contributed by atoms with E-state index in [1.807, 2.05) is 12.1 Å². The van der Waals surface area contributed by atoms with Crippen LogP contribution in [0.3, 0.4) is 0 Å². The first-order valence-corrected chi connectivity index (χ1v) is 7.42. The van der Waals surface area contributed by atoms with Gasteiger partial charge in [-0.15, -0.1) is 12.4 Å². The summed E-state index contributed by atoms with van der Waals surface area (Å²) in [6.07, 6.45) is 2.36. The molecule has 1 aliphatic carbocycles. The molecule has 1 aliphatic heterocycles. The van der Waals surface area contributed by atoms with E-state index in [1.165, 1.54) is 18.4 Å². The minimum atomic E-state index is 0. The van der Waals surface area contributed by atoms with E-state index in [-0.39, 0.29) is 23.2 Å². The molecule has 2 fully saturated rings. The number of nitrogens with zero attached hydrogens (tertiary/aromatic N) is 1. The van der Waals surface area contributed by atoms with Crippen molar-refractivity contribution in [3.8, 4) is 0 Å². The minimum Gasteiger partial charge on any atom is -0.384 e. The number of halogens is 3. The Hall–Kier alpha value is 0.01000. The van der Waals surface area contributed by atoms with Gasteiger partial charge in [0.25, 0.3) is 0 Å². The molecule has 2 nitrogen and oxygen atoms in total. The molecule has 0 spiro atoms. The second-order valence-corrected chi connectivity index (χ2v) is 6.90. The molecule has 5 heteroatoms. The van der Waals surface area contributed by atoms with Crippen molar-refractivity contribution in [1.29, 1.82) is 0 Å². The number of hydrogen-bond donors (Lipinski definition) is 0. The normalized spacial score (nSPS) is 32.4. The van der Waals surface area contributed by atoms with Gasteiger partial charge in [0.1, 0.15) is 0 Å². The van der Waals surface area contributed by atoms with Gasteiger partial charge < -0.3 is 9.64 Å². The van der Waals surface area contributed by atoms with Crippen LogP contribution in [0.1, 0.15) is 18.4 Å². The largest absolute Gasteiger partial charge is 0.384 e. The first-order chi connectivity index (χ1) is 9.03. The van der Waals surface area contributed by atoms with E-state index < -0.39 is 0 Å². The van der Waals surface area contributed by atoms with Crippen LogP contribution >= 0.6 is 35.6 Å². The Balaban J connectivity index is 0.00000147. The summed E-state index contributed by atoms with van der Waals surface area (Å²) in [7, 11) is 3.98. The van der Waals surface area contributed by atoms with Crippen LogP contribution in [-0.4, -0.2) is 38.8 Å². The van der Waals surface area contributed by atoms with E-state index in [2.05, 4.69) is 18.0 Å². The molecule has 0 aromatic heterocycles. The quantitative estimate of drug-likeness (QED) is 0.826. The maximum absolute atomic E-state index is 6.19. The number of likely N-dealkylation sites (tertiary alicyclic amines) is 1. The van der Waals surface area contributed by atoms with Crippen LogP contribution in [-0.2, 0) is 10.2 Å². The van der Waals surface area contributed by atoms with E-state index in [1.54, 1.807) is 7.11 Å². The summed E-state index contributed by atoms with van der Waals surface area (Å²) in [6, 6.07) is 6.10. The highest BCUT2D eigenvalue weighted by Gasteiger charge is 2.69. The fourth-order valence-corrected chi connectivity index (χ4v) is 4.23. The van der Waals surface area contributed by atoms with Crippen LogP contribution in [0.4, 0.5) is 0 Å². The highest BCUT2D eigenvalue weighted by atomic mass is 35.5. The molecule has 0 unspecified atom stereocenters. The van der Waals surface area contributed by atoms with E-state index in [4.69, 9.17) is 27.9 Å². The van der Waals surface area contributed by atoms with Crippen LogP contribution in [0.5, 0.6) is 0 Å². The zero-order valence-corrected chi connectivity index (χ0v) is 14.1. The molecule has 1 heterocycles. The van der Waals surface area contributed by atoms with Crippen molar-refractivity contribution < 1.29 is 4.74 Å². The van der Waals surface area contributed by atoms with Gasteiger partial charge in [0, 0.05) is 24.5 Å². The van der Waals surface area contributed by atoms with Crippen molar-refractivity contribution in [1.82, 2.24) is 4.90 Å². The van der Waals surface area contributed by atoms with Gasteiger partial charge in [0.05, 0.1) is 16.7 Å². The smallest absolute Gasteiger partial charge is 0.0595 e. The van der Waals surface area contributed by atoms with Crippen molar-refractivity contribution in [2.24, 2.45) is 5.41 Å². The molecule has 3 rings (SSSR count). The molecule has 20 heavy (non-hydrogen) atoms. The predicted octanol–water partition coefficient (Wildman–Crippen LogP) is 4.03. The lowest BCUT2D eigenvalue weighted by atomic mass is 9.81. The molecule has 0 radical (unpaired) electrons.